The zero-order valence-electron chi connectivity index (χ0n) is 11.5. The van der Waals surface area contributed by atoms with Crippen molar-refractivity contribution >= 4 is 11.4 Å². The minimum absolute atomic E-state index is 0.0841. The van der Waals surface area contributed by atoms with Gasteiger partial charge in [0.05, 0.1) is 4.92 Å². The van der Waals surface area contributed by atoms with Crippen molar-refractivity contribution in [1.29, 1.82) is 0 Å². The monoisotopic (exact) mass is 270 g/mol. The molecule has 2 aromatic rings. The van der Waals surface area contributed by atoms with E-state index in [2.05, 4.69) is 6.92 Å². The standard InChI is InChI=1S/C16H18N2O2/c1-2-3-5-12-8-9-16(17)15(10-12)13-6-4-7-14(11-13)18(19)20/h4,6-11H,2-3,5,17H2,1H3. The minimum atomic E-state index is -0.388. The average molecular weight is 270 g/mol. The lowest BCUT2D eigenvalue weighted by molar-refractivity contribution is -0.384. The first-order chi connectivity index (χ1) is 9.61. The summed E-state index contributed by atoms with van der Waals surface area (Å²) in [7, 11) is 0. The Kier molecular flexibility index (Phi) is 4.35. The van der Waals surface area contributed by atoms with E-state index in [-0.39, 0.29) is 10.6 Å². The van der Waals surface area contributed by atoms with Crippen LogP contribution in [0.5, 0.6) is 0 Å². The second-order valence-electron chi connectivity index (χ2n) is 4.83. The molecule has 0 aliphatic heterocycles. The summed E-state index contributed by atoms with van der Waals surface area (Å²) >= 11 is 0. The van der Waals surface area contributed by atoms with Gasteiger partial charge in [0.1, 0.15) is 0 Å². The predicted molar refractivity (Wildman–Crippen MR) is 81.6 cm³/mol. The molecular formula is C16H18N2O2. The Balaban J connectivity index is 2.40. The number of hydrogen-bond donors (Lipinski definition) is 1. The fraction of sp³-hybridized carbons (Fsp3) is 0.250. The molecule has 0 spiro atoms. The number of hydrogen-bond acceptors (Lipinski definition) is 3. The second-order valence-corrected chi connectivity index (χ2v) is 4.83. The number of unbranched alkanes of at least 4 members (excludes halogenated alkanes) is 1. The minimum Gasteiger partial charge on any atom is -0.398 e. The molecule has 0 aliphatic rings. The van der Waals surface area contributed by atoms with Crippen molar-refractivity contribution in [2.24, 2.45) is 0 Å². The first-order valence-electron chi connectivity index (χ1n) is 6.75. The maximum absolute atomic E-state index is 10.9. The first kappa shape index (κ1) is 14.1. The molecule has 0 atom stereocenters. The molecule has 0 unspecified atom stereocenters. The van der Waals surface area contributed by atoms with Crippen LogP contribution in [0.2, 0.25) is 0 Å². The summed E-state index contributed by atoms with van der Waals surface area (Å²) in [6.45, 7) is 2.15. The number of non-ortho nitro benzene ring substituents is 1. The van der Waals surface area contributed by atoms with Gasteiger partial charge in [-0.05, 0) is 36.1 Å². The van der Waals surface area contributed by atoms with Gasteiger partial charge < -0.3 is 5.73 Å². The molecule has 0 radical (unpaired) electrons. The van der Waals surface area contributed by atoms with Crippen LogP contribution in [0.15, 0.2) is 42.5 Å². The van der Waals surface area contributed by atoms with Gasteiger partial charge in [0.2, 0.25) is 0 Å². The van der Waals surface area contributed by atoms with Crippen molar-refractivity contribution < 1.29 is 4.92 Å². The van der Waals surface area contributed by atoms with E-state index >= 15 is 0 Å². The maximum Gasteiger partial charge on any atom is 0.270 e. The molecule has 2 rings (SSSR count). The van der Waals surface area contributed by atoms with E-state index in [1.165, 1.54) is 11.6 Å². The summed E-state index contributed by atoms with van der Waals surface area (Å²) < 4.78 is 0. The van der Waals surface area contributed by atoms with Crippen LogP contribution in [0.4, 0.5) is 11.4 Å². The van der Waals surface area contributed by atoms with E-state index in [4.69, 9.17) is 5.73 Å². The molecule has 0 amide bonds. The fourth-order valence-electron chi connectivity index (χ4n) is 2.18. The summed E-state index contributed by atoms with van der Waals surface area (Å²) in [6, 6.07) is 12.5. The summed E-state index contributed by atoms with van der Waals surface area (Å²) in [4.78, 5) is 10.5. The van der Waals surface area contributed by atoms with Gasteiger partial charge in [-0.2, -0.15) is 0 Å². The number of nitro groups is 1. The van der Waals surface area contributed by atoms with Gasteiger partial charge in [-0.15, -0.1) is 0 Å². The lowest BCUT2D eigenvalue weighted by atomic mass is 9.98. The van der Waals surface area contributed by atoms with Crippen molar-refractivity contribution in [2.45, 2.75) is 26.2 Å². The van der Waals surface area contributed by atoms with Gasteiger partial charge in [0.25, 0.3) is 5.69 Å². The summed E-state index contributed by atoms with van der Waals surface area (Å²) in [5, 5.41) is 10.9. The molecule has 4 heteroatoms. The highest BCUT2D eigenvalue weighted by atomic mass is 16.6. The number of rotatable bonds is 5. The summed E-state index contributed by atoms with van der Waals surface area (Å²) in [5.74, 6) is 0. The normalized spacial score (nSPS) is 10.4. The SMILES string of the molecule is CCCCc1ccc(N)c(-c2cccc([N+](=O)[O-])c2)c1. The van der Waals surface area contributed by atoms with Gasteiger partial charge in [-0.1, -0.05) is 31.5 Å². The number of nitrogens with two attached hydrogens (primary N) is 1. The number of aryl methyl sites for hydroxylation is 1. The van der Waals surface area contributed by atoms with Crippen molar-refractivity contribution in [1.82, 2.24) is 0 Å². The fourth-order valence-corrected chi connectivity index (χ4v) is 2.18. The predicted octanol–water partition coefficient (Wildman–Crippen LogP) is 4.19. The maximum atomic E-state index is 10.9. The molecule has 0 saturated carbocycles. The molecule has 0 aliphatic carbocycles. The lowest BCUT2D eigenvalue weighted by Gasteiger charge is -2.09. The summed E-state index contributed by atoms with van der Waals surface area (Å²) in [5.41, 5.74) is 9.60. The van der Waals surface area contributed by atoms with Crippen LogP contribution in [-0.4, -0.2) is 4.92 Å². The molecule has 20 heavy (non-hydrogen) atoms. The number of nitrogen functional groups attached to an aromatic ring is 1. The third-order valence-electron chi connectivity index (χ3n) is 3.30. The molecule has 2 aromatic carbocycles. The highest BCUT2D eigenvalue weighted by Gasteiger charge is 2.09. The average Bonchev–Trinajstić information content (AvgIpc) is 2.46. The van der Waals surface area contributed by atoms with Gasteiger partial charge in [0, 0.05) is 23.4 Å². The lowest BCUT2D eigenvalue weighted by Crippen LogP contribution is -1.94. The highest BCUT2D eigenvalue weighted by molar-refractivity contribution is 5.78. The molecule has 0 saturated heterocycles. The smallest absolute Gasteiger partial charge is 0.270 e. The van der Waals surface area contributed by atoms with Crippen molar-refractivity contribution in [3.63, 3.8) is 0 Å². The number of nitrogens with zero attached hydrogens (tertiary/aromatic N) is 1. The van der Waals surface area contributed by atoms with Gasteiger partial charge in [0.15, 0.2) is 0 Å². The van der Waals surface area contributed by atoms with Crippen molar-refractivity contribution in [3.05, 3.63) is 58.1 Å². The van der Waals surface area contributed by atoms with Crippen LogP contribution in [0, 0.1) is 10.1 Å². The Bertz CT molecular complexity index is 624. The molecule has 0 heterocycles. The molecule has 0 fully saturated rings. The Morgan fingerprint density at radius 3 is 2.70 bits per heavy atom. The highest BCUT2D eigenvalue weighted by Crippen LogP contribution is 2.29. The van der Waals surface area contributed by atoms with E-state index in [0.717, 1.165) is 30.4 Å². The molecule has 0 bridgehead atoms. The van der Waals surface area contributed by atoms with Crippen LogP contribution in [0.25, 0.3) is 11.1 Å². The number of nitro benzene ring substituents is 1. The summed E-state index contributed by atoms with van der Waals surface area (Å²) in [6.07, 6.45) is 3.26. The topological polar surface area (TPSA) is 69.2 Å². The van der Waals surface area contributed by atoms with Crippen LogP contribution in [0.1, 0.15) is 25.3 Å². The molecule has 0 aromatic heterocycles. The Labute approximate surface area is 118 Å². The quantitative estimate of drug-likeness (QED) is 0.503. The van der Waals surface area contributed by atoms with Gasteiger partial charge in [-0.3, -0.25) is 10.1 Å². The van der Waals surface area contributed by atoms with E-state index < -0.39 is 0 Å². The second kappa shape index (κ2) is 6.19. The van der Waals surface area contributed by atoms with E-state index in [0.29, 0.717) is 5.69 Å². The number of benzene rings is 2. The number of anilines is 1. The molecular weight excluding hydrogens is 252 g/mol. The van der Waals surface area contributed by atoms with Crippen molar-refractivity contribution in [2.75, 3.05) is 5.73 Å². The van der Waals surface area contributed by atoms with Gasteiger partial charge >= 0.3 is 0 Å². The third-order valence-corrected chi connectivity index (χ3v) is 3.30. The molecule has 104 valence electrons. The third kappa shape index (κ3) is 3.15. The van der Waals surface area contributed by atoms with Gasteiger partial charge in [-0.25, -0.2) is 0 Å². The Hall–Kier alpha value is -2.36. The largest absolute Gasteiger partial charge is 0.398 e. The van der Waals surface area contributed by atoms with Crippen molar-refractivity contribution in [3.8, 4) is 11.1 Å². The van der Waals surface area contributed by atoms with E-state index in [1.807, 2.05) is 24.3 Å². The first-order valence-corrected chi connectivity index (χ1v) is 6.75. The Morgan fingerprint density at radius 2 is 2.00 bits per heavy atom. The molecule has 2 N–H and O–H groups in total. The van der Waals surface area contributed by atoms with Crippen LogP contribution < -0.4 is 5.73 Å². The Morgan fingerprint density at radius 1 is 1.20 bits per heavy atom. The van der Waals surface area contributed by atoms with Crippen LogP contribution >= 0.6 is 0 Å². The zero-order valence-corrected chi connectivity index (χ0v) is 11.5. The van der Waals surface area contributed by atoms with E-state index in [1.54, 1.807) is 12.1 Å². The molecule has 4 nitrogen and oxygen atoms in total. The van der Waals surface area contributed by atoms with Crippen LogP contribution in [-0.2, 0) is 6.42 Å². The van der Waals surface area contributed by atoms with Crippen LogP contribution in [0.3, 0.4) is 0 Å². The van der Waals surface area contributed by atoms with E-state index in [9.17, 15) is 10.1 Å². The zero-order chi connectivity index (χ0) is 14.5.